The van der Waals surface area contributed by atoms with E-state index in [0.29, 0.717) is 0 Å². The SMILES string of the molecule is O=COCCC(=O)N[C@H]1[C@H](OC[C@H]2O[C@H](OP(=O)([O-])[O-])[C@H](NC(=O)CCO)[C@@H](OC(=O)CCO)[C@@H]2O)O[C@H](CO)[C@@H](OP(=O)([O-])[O-])[C@@H]1OC(=O)CCOC=O. The Hall–Kier alpha value is -3.24. The van der Waals surface area contributed by atoms with Gasteiger partial charge in [-0.05, 0) is 0 Å². The second kappa shape index (κ2) is 23.1. The van der Waals surface area contributed by atoms with Crippen molar-refractivity contribution in [2.75, 3.05) is 39.6 Å². The third-order valence-corrected chi connectivity index (χ3v) is 8.23. The second-order valence-corrected chi connectivity index (χ2v) is 13.3. The van der Waals surface area contributed by atoms with E-state index in [1.165, 1.54) is 0 Å². The number of carbonyl (C=O) groups is 6. The van der Waals surface area contributed by atoms with Crippen molar-refractivity contribution in [2.45, 2.75) is 87.0 Å². The number of aliphatic hydroxyl groups excluding tert-OH is 4. The third-order valence-electron chi connectivity index (χ3n) is 7.26. The number of rotatable bonds is 24. The molecule has 0 aromatic carbocycles. The number of hydrogen-bond acceptors (Lipinski definition) is 25. The zero-order valence-corrected chi connectivity index (χ0v) is 30.0. The predicted molar refractivity (Wildman–Crippen MR) is 158 cm³/mol. The summed E-state index contributed by atoms with van der Waals surface area (Å²) in [5, 5.41) is 43.9. The smallest absolute Gasteiger partial charge is 0.309 e. The Bertz CT molecular complexity index is 1380. The summed E-state index contributed by atoms with van der Waals surface area (Å²) in [6.45, 7) is -4.93. The topological polar surface area (TPSA) is 417 Å². The number of nitrogens with one attached hydrogen (secondary N) is 2. The number of esters is 2. The molecule has 2 amide bonds. The lowest BCUT2D eigenvalue weighted by Gasteiger charge is -2.49. The molecule has 2 heterocycles. The fourth-order valence-electron chi connectivity index (χ4n) is 5.04. The lowest BCUT2D eigenvalue weighted by atomic mass is 9.95. The molecule has 2 saturated heterocycles. The summed E-state index contributed by atoms with van der Waals surface area (Å²) in [4.78, 5) is 118. The van der Waals surface area contributed by atoms with Crippen LogP contribution in [0.15, 0.2) is 0 Å². The van der Waals surface area contributed by atoms with Gasteiger partial charge in [-0.1, -0.05) is 0 Å². The molecule has 27 nitrogen and oxygen atoms in total. The monoisotopic (exact) mass is 840 g/mol. The van der Waals surface area contributed by atoms with E-state index in [4.69, 9.17) is 33.9 Å². The van der Waals surface area contributed by atoms with Crippen molar-refractivity contribution < 1.29 is 120 Å². The van der Waals surface area contributed by atoms with E-state index in [9.17, 15) is 67.7 Å². The van der Waals surface area contributed by atoms with Crippen molar-refractivity contribution in [1.82, 2.24) is 10.6 Å². The first kappa shape index (κ1) is 47.9. The number of aliphatic hydroxyl groups is 4. The maximum absolute atomic E-state index is 12.9. The molecule has 0 aromatic rings. The van der Waals surface area contributed by atoms with E-state index in [2.05, 4.69) is 29.2 Å². The first-order valence-electron chi connectivity index (χ1n) is 15.8. The molecule has 6 N–H and O–H groups in total. The van der Waals surface area contributed by atoms with E-state index in [-0.39, 0.29) is 12.9 Å². The highest BCUT2D eigenvalue weighted by Crippen LogP contribution is 2.38. The Labute approximate surface area is 309 Å². The normalized spacial score (nSPS) is 28.3. The van der Waals surface area contributed by atoms with Gasteiger partial charge in [0.1, 0.15) is 43.1 Å². The molecule has 2 aliphatic rings. The van der Waals surface area contributed by atoms with E-state index in [1.807, 2.05) is 0 Å². The Kier molecular flexibility index (Phi) is 20.1. The Morgan fingerprint density at radius 1 is 0.673 bits per heavy atom. The van der Waals surface area contributed by atoms with Crippen molar-refractivity contribution >= 4 is 52.3 Å². The summed E-state index contributed by atoms with van der Waals surface area (Å²) >= 11 is 0. The fraction of sp³-hybridized carbons (Fsp3) is 0.769. The van der Waals surface area contributed by atoms with Crippen molar-refractivity contribution in [3.8, 4) is 0 Å². The Balaban J connectivity index is 2.57. The molecule has 2 aliphatic heterocycles. The molecule has 0 saturated carbocycles. The van der Waals surface area contributed by atoms with Crippen LogP contribution in [0.2, 0.25) is 0 Å². The van der Waals surface area contributed by atoms with Gasteiger partial charge in [0, 0.05) is 6.42 Å². The summed E-state index contributed by atoms with van der Waals surface area (Å²) in [7, 11) is -12.0. The second-order valence-electron chi connectivity index (χ2n) is 11.1. The van der Waals surface area contributed by atoms with Crippen LogP contribution in [0, 0.1) is 0 Å². The van der Waals surface area contributed by atoms with Crippen LogP contribution in [0.5, 0.6) is 0 Å². The largest absolute Gasteiger partial charge is 0.790 e. The molecule has 2 rings (SSSR count). The third kappa shape index (κ3) is 16.4. The van der Waals surface area contributed by atoms with Crippen LogP contribution >= 0.6 is 15.6 Å². The molecule has 10 atom stereocenters. The van der Waals surface area contributed by atoms with E-state index < -0.39 is 166 Å². The van der Waals surface area contributed by atoms with Gasteiger partial charge >= 0.3 is 11.9 Å². The maximum Gasteiger partial charge on any atom is 0.309 e. The zero-order valence-electron chi connectivity index (χ0n) is 28.3. The minimum atomic E-state index is -6.03. The highest BCUT2D eigenvalue weighted by molar-refractivity contribution is 7.43. The van der Waals surface area contributed by atoms with Crippen LogP contribution in [0.25, 0.3) is 0 Å². The van der Waals surface area contributed by atoms with Gasteiger partial charge in [-0.15, -0.1) is 0 Å². The quantitative estimate of drug-likeness (QED) is 0.0173. The number of ether oxygens (including phenoxy) is 7. The molecular weight excluding hydrogens is 802 g/mol. The van der Waals surface area contributed by atoms with E-state index >= 15 is 0 Å². The Morgan fingerprint density at radius 2 is 1.18 bits per heavy atom. The summed E-state index contributed by atoms with van der Waals surface area (Å²) in [5.41, 5.74) is 0. The Morgan fingerprint density at radius 3 is 1.73 bits per heavy atom. The minimum Gasteiger partial charge on any atom is -0.790 e. The molecule has 0 radical (unpaired) electrons. The summed E-state index contributed by atoms with van der Waals surface area (Å²) < 4.78 is 68.1. The molecule has 0 spiro atoms. The van der Waals surface area contributed by atoms with Gasteiger partial charge in [0.05, 0.1) is 67.9 Å². The average Bonchev–Trinajstić information content (AvgIpc) is 3.08. The highest BCUT2D eigenvalue weighted by Gasteiger charge is 2.53. The lowest BCUT2D eigenvalue weighted by Crippen LogP contribution is -2.68. The van der Waals surface area contributed by atoms with Gasteiger partial charge in [-0.3, -0.25) is 28.8 Å². The van der Waals surface area contributed by atoms with Crippen LogP contribution in [-0.4, -0.2) is 158 Å². The number of amides is 2. The molecule has 55 heavy (non-hydrogen) atoms. The van der Waals surface area contributed by atoms with Gasteiger partial charge in [-0.25, -0.2) is 0 Å². The first-order valence-corrected chi connectivity index (χ1v) is 18.7. The van der Waals surface area contributed by atoms with Gasteiger partial charge in [0.25, 0.3) is 12.9 Å². The summed E-state index contributed by atoms with van der Waals surface area (Å²) in [6, 6.07) is -3.92. The van der Waals surface area contributed by atoms with E-state index in [0.717, 1.165) is 0 Å². The van der Waals surface area contributed by atoms with Crippen LogP contribution in [-0.2, 0) is 80.1 Å². The first-order chi connectivity index (χ1) is 25.9. The number of phosphoric ester groups is 2. The van der Waals surface area contributed by atoms with Crippen molar-refractivity contribution in [3.63, 3.8) is 0 Å². The molecule has 2 fully saturated rings. The summed E-state index contributed by atoms with van der Waals surface area (Å²) in [5.74, 6) is -4.57. The fourth-order valence-corrected chi connectivity index (χ4v) is 6.03. The molecule has 0 bridgehead atoms. The number of phosphoric acid groups is 2. The number of hydrogen-bond donors (Lipinski definition) is 6. The van der Waals surface area contributed by atoms with Crippen LogP contribution in [0.3, 0.4) is 0 Å². The van der Waals surface area contributed by atoms with Crippen LogP contribution < -0.4 is 30.2 Å². The van der Waals surface area contributed by atoms with Crippen molar-refractivity contribution in [1.29, 1.82) is 0 Å². The minimum absolute atomic E-state index is 0.00727. The molecule has 0 unspecified atom stereocenters. The summed E-state index contributed by atoms with van der Waals surface area (Å²) in [6.07, 6.45) is -19.5. The van der Waals surface area contributed by atoms with Crippen molar-refractivity contribution in [3.05, 3.63) is 0 Å². The van der Waals surface area contributed by atoms with Crippen molar-refractivity contribution in [2.24, 2.45) is 0 Å². The van der Waals surface area contributed by atoms with Gasteiger partial charge < -0.3 is 102 Å². The van der Waals surface area contributed by atoms with Crippen LogP contribution in [0.4, 0.5) is 0 Å². The van der Waals surface area contributed by atoms with Gasteiger partial charge in [0.2, 0.25) is 11.8 Å². The highest BCUT2D eigenvalue weighted by atomic mass is 31.2. The van der Waals surface area contributed by atoms with Gasteiger partial charge in [0.15, 0.2) is 24.8 Å². The molecular formula is C26H38N2O25P2-4. The average molecular weight is 841 g/mol. The maximum atomic E-state index is 12.9. The van der Waals surface area contributed by atoms with Crippen LogP contribution in [0.1, 0.15) is 25.7 Å². The standard InChI is InChI=1S/C26H42N2O25P2/c29-5-1-15(34)27-19-23(50-17(36)2-6-30)21(38)14(49-26(19)53-55(42,43)44)10-47-25-20(28-16(35)3-7-45-11-32)24(51-18(37)4-8-46-12-33)22(13(9-31)48-25)52-54(39,40)41/h11-14,19-26,29-31,38H,1-10H2,(H,27,34)(H,28,35)(H2,39,40,41)(H2,42,43,44)/p-4/t13-,14-,19-,20-,21-,22-,23-,24-,25-,26-/m1/s1. The molecule has 29 heteroatoms. The van der Waals surface area contributed by atoms with Gasteiger partial charge in [-0.2, -0.15) is 0 Å². The molecule has 0 aromatic heterocycles. The van der Waals surface area contributed by atoms with E-state index in [1.54, 1.807) is 0 Å². The molecule has 0 aliphatic carbocycles. The lowest BCUT2D eigenvalue weighted by molar-refractivity contribution is -0.364. The zero-order chi connectivity index (χ0) is 41.3. The number of carbonyl (C=O) groups excluding carboxylic acids is 6. The predicted octanol–water partition coefficient (Wildman–Crippen LogP) is -8.45. The molecule has 316 valence electrons.